The van der Waals surface area contributed by atoms with Crippen LogP contribution in [0.2, 0.25) is 0 Å². The molecule has 0 saturated heterocycles. The molecule has 0 aromatic carbocycles. The van der Waals surface area contributed by atoms with E-state index in [0.717, 1.165) is 18.8 Å². The van der Waals surface area contributed by atoms with Gasteiger partial charge in [-0.2, -0.15) is 5.10 Å². The zero-order valence-electron chi connectivity index (χ0n) is 10.3. The Labute approximate surface area is 96.8 Å². The third kappa shape index (κ3) is 2.68. The van der Waals surface area contributed by atoms with Gasteiger partial charge in [0.25, 0.3) is 0 Å². The monoisotopic (exact) mass is 220 g/mol. The van der Waals surface area contributed by atoms with Crippen LogP contribution in [0.4, 0.5) is 0 Å². The molecule has 1 saturated carbocycles. The van der Waals surface area contributed by atoms with E-state index in [0.29, 0.717) is 5.41 Å². The first kappa shape index (κ1) is 11.3. The van der Waals surface area contributed by atoms with Crippen LogP contribution in [0.3, 0.4) is 0 Å². The number of hydrogen-bond acceptors (Lipinski definition) is 3. The Kier molecular flexibility index (Phi) is 3.08. The van der Waals surface area contributed by atoms with E-state index in [1.54, 1.807) is 17.3 Å². The van der Waals surface area contributed by atoms with Crippen molar-refractivity contribution in [2.24, 2.45) is 16.4 Å². The summed E-state index contributed by atoms with van der Waals surface area (Å²) in [6.07, 6.45) is 8.01. The van der Waals surface area contributed by atoms with Gasteiger partial charge in [-0.1, -0.05) is 20.8 Å². The normalized spacial score (nSPS) is 22.2. The zero-order chi connectivity index (χ0) is 11.6. The Bertz CT molecular complexity index is 349. The molecule has 4 heteroatoms. The average molecular weight is 220 g/mol. The van der Waals surface area contributed by atoms with Gasteiger partial charge < -0.3 is 0 Å². The molecule has 1 heterocycles. The van der Waals surface area contributed by atoms with Gasteiger partial charge >= 0.3 is 0 Å². The third-order valence-electron chi connectivity index (χ3n) is 3.45. The van der Waals surface area contributed by atoms with E-state index in [2.05, 4.69) is 36.1 Å². The molecule has 1 aliphatic carbocycles. The fourth-order valence-electron chi connectivity index (χ4n) is 2.33. The lowest BCUT2D eigenvalue weighted by Crippen LogP contribution is -2.26. The van der Waals surface area contributed by atoms with Gasteiger partial charge in [0, 0.05) is 5.71 Å². The minimum absolute atomic E-state index is 0.433. The van der Waals surface area contributed by atoms with Gasteiger partial charge in [-0.05, 0) is 37.0 Å². The van der Waals surface area contributed by atoms with Crippen molar-refractivity contribution in [3.05, 3.63) is 12.7 Å². The standard InChI is InChI=1S/C12H20N4/c1-12(2,3)10-4-6-11(7-5-10)15-16-8-13-14-9-16/h8-10H,4-7H2,1-3H3. The lowest BCUT2D eigenvalue weighted by Gasteiger charge is -2.34. The second-order valence-corrected chi connectivity index (χ2v) is 5.65. The molecular formula is C12H20N4. The first-order valence-electron chi connectivity index (χ1n) is 5.97. The van der Waals surface area contributed by atoms with Crippen molar-refractivity contribution in [1.82, 2.24) is 14.9 Å². The molecule has 0 N–H and O–H groups in total. The van der Waals surface area contributed by atoms with Gasteiger partial charge in [0.15, 0.2) is 0 Å². The first-order chi connectivity index (χ1) is 7.55. The van der Waals surface area contributed by atoms with Gasteiger partial charge in [0.05, 0.1) is 0 Å². The van der Waals surface area contributed by atoms with Crippen molar-refractivity contribution in [2.45, 2.75) is 46.5 Å². The Balaban J connectivity index is 1.95. The molecular weight excluding hydrogens is 200 g/mol. The van der Waals surface area contributed by atoms with Gasteiger partial charge in [-0.25, -0.2) is 4.68 Å². The van der Waals surface area contributed by atoms with Crippen molar-refractivity contribution < 1.29 is 0 Å². The van der Waals surface area contributed by atoms with Crippen LogP contribution in [-0.2, 0) is 0 Å². The molecule has 0 atom stereocenters. The molecule has 0 radical (unpaired) electrons. The Morgan fingerprint density at radius 1 is 1.19 bits per heavy atom. The molecule has 0 bridgehead atoms. The van der Waals surface area contributed by atoms with Crippen LogP contribution in [0.5, 0.6) is 0 Å². The van der Waals surface area contributed by atoms with E-state index >= 15 is 0 Å². The van der Waals surface area contributed by atoms with E-state index in [4.69, 9.17) is 0 Å². The smallest absolute Gasteiger partial charge is 0.141 e. The largest absolute Gasteiger partial charge is 0.208 e. The topological polar surface area (TPSA) is 43.1 Å². The highest BCUT2D eigenvalue weighted by molar-refractivity contribution is 5.85. The van der Waals surface area contributed by atoms with Crippen LogP contribution < -0.4 is 0 Å². The summed E-state index contributed by atoms with van der Waals surface area (Å²) in [7, 11) is 0. The quantitative estimate of drug-likeness (QED) is 0.730. The van der Waals surface area contributed by atoms with E-state index in [-0.39, 0.29) is 0 Å². The van der Waals surface area contributed by atoms with Crippen molar-refractivity contribution in [3.8, 4) is 0 Å². The molecule has 1 fully saturated rings. The lowest BCUT2D eigenvalue weighted by atomic mass is 9.72. The second kappa shape index (κ2) is 4.36. The summed E-state index contributed by atoms with van der Waals surface area (Å²) in [6.45, 7) is 7.00. The fraction of sp³-hybridized carbons (Fsp3) is 0.750. The summed E-state index contributed by atoms with van der Waals surface area (Å²) in [4.78, 5) is 0. The molecule has 0 aliphatic heterocycles. The van der Waals surface area contributed by atoms with Gasteiger partial charge in [-0.3, -0.25) is 0 Å². The van der Waals surface area contributed by atoms with Crippen molar-refractivity contribution in [1.29, 1.82) is 0 Å². The SMILES string of the molecule is CC(C)(C)C1CCC(=Nn2cnnc2)CC1. The van der Waals surface area contributed by atoms with Crippen molar-refractivity contribution >= 4 is 5.71 Å². The van der Waals surface area contributed by atoms with Crippen molar-refractivity contribution in [2.75, 3.05) is 0 Å². The predicted octanol–water partition coefficient (Wildman–Crippen LogP) is 2.72. The summed E-state index contributed by atoms with van der Waals surface area (Å²) in [6, 6.07) is 0. The number of nitrogens with zero attached hydrogens (tertiary/aromatic N) is 4. The molecule has 1 aliphatic rings. The van der Waals surface area contributed by atoms with Crippen molar-refractivity contribution in [3.63, 3.8) is 0 Å². The van der Waals surface area contributed by atoms with Gasteiger partial charge in [0.1, 0.15) is 12.7 Å². The number of aromatic nitrogens is 3. The van der Waals surface area contributed by atoms with Crippen LogP contribution in [0, 0.1) is 11.3 Å². The average Bonchev–Trinajstić information content (AvgIpc) is 2.70. The fourth-order valence-corrected chi connectivity index (χ4v) is 2.33. The molecule has 88 valence electrons. The molecule has 0 spiro atoms. The minimum atomic E-state index is 0.433. The highest BCUT2D eigenvalue weighted by Crippen LogP contribution is 2.36. The van der Waals surface area contributed by atoms with Gasteiger partial charge in [0.2, 0.25) is 0 Å². The summed E-state index contributed by atoms with van der Waals surface area (Å²) in [5.74, 6) is 0.826. The lowest BCUT2D eigenvalue weighted by molar-refractivity contribution is 0.208. The predicted molar refractivity (Wildman–Crippen MR) is 64.3 cm³/mol. The van der Waals surface area contributed by atoms with Crippen LogP contribution in [0.25, 0.3) is 0 Å². The molecule has 0 unspecified atom stereocenters. The van der Waals surface area contributed by atoms with E-state index in [9.17, 15) is 0 Å². The molecule has 1 aromatic heterocycles. The van der Waals surface area contributed by atoms with E-state index in [1.165, 1.54) is 18.6 Å². The summed E-state index contributed by atoms with van der Waals surface area (Å²) in [5.41, 5.74) is 1.71. The molecule has 4 nitrogen and oxygen atoms in total. The number of rotatable bonds is 1. The highest BCUT2D eigenvalue weighted by atomic mass is 15.4. The van der Waals surface area contributed by atoms with Crippen LogP contribution in [0.15, 0.2) is 17.8 Å². The van der Waals surface area contributed by atoms with Crippen LogP contribution in [0.1, 0.15) is 46.5 Å². The van der Waals surface area contributed by atoms with Gasteiger partial charge in [-0.15, -0.1) is 10.2 Å². The molecule has 2 rings (SSSR count). The Morgan fingerprint density at radius 3 is 2.25 bits per heavy atom. The summed E-state index contributed by atoms with van der Waals surface area (Å²) in [5, 5.41) is 12.0. The first-order valence-corrected chi connectivity index (χ1v) is 5.97. The Morgan fingerprint density at radius 2 is 1.75 bits per heavy atom. The maximum absolute atomic E-state index is 4.50. The highest BCUT2D eigenvalue weighted by Gasteiger charge is 2.27. The molecule has 1 aromatic rings. The number of hydrogen-bond donors (Lipinski definition) is 0. The molecule has 0 amide bonds. The minimum Gasteiger partial charge on any atom is -0.208 e. The summed E-state index contributed by atoms with van der Waals surface area (Å²) >= 11 is 0. The van der Waals surface area contributed by atoms with E-state index in [1.807, 2.05) is 0 Å². The van der Waals surface area contributed by atoms with Crippen LogP contribution >= 0.6 is 0 Å². The van der Waals surface area contributed by atoms with E-state index < -0.39 is 0 Å². The summed E-state index contributed by atoms with van der Waals surface area (Å²) < 4.78 is 1.70. The zero-order valence-corrected chi connectivity index (χ0v) is 10.3. The third-order valence-corrected chi connectivity index (χ3v) is 3.45. The molecule has 16 heavy (non-hydrogen) atoms. The Hall–Kier alpha value is -1.19. The maximum atomic E-state index is 4.50. The maximum Gasteiger partial charge on any atom is 0.141 e. The van der Waals surface area contributed by atoms with Crippen LogP contribution in [-0.4, -0.2) is 20.6 Å². The second-order valence-electron chi connectivity index (χ2n) is 5.65.